The van der Waals surface area contributed by atoms with Gasteiger partial charge in [-0.15, -0.1) is 0 Å². The van der Waals surface area contributed by atoms with Crippen LogP contribution in [0.1, 0.15) is 44.8 Å². The predicted molar refractivity (Wildman–Crippen MR) is 130 cm³/mol. The maximum atomic E-state index is 6.51. The third kappa shape index (κ3) is 4.04. The molecule has 3 atom stereocenters. The number of piperidine rings is 1. The molecule has 4 aliphatic heterocycles. The molecule has 2 saturated heterocycles. The second-order valence-corrected chi connectivity index (χ2v) is 10.0. The standard InChI is InChI=1S/C25H35ClN6/c1-18(2)30-13-15-31(16-14-30)24-11-5-10-23-28-20(17-32(23)24)21-8-4-9-22(29(21)3)25-19(26)7-6-12-27-25/h5-7,10-12,17-18,21-23,28H,4,8-9,13-16H2,1-3H3. The Hall–Kier alpha value is -2.02. The van der Waals surface area contributed by atoms with Crippen molar-refractivity contribution >= 4 is 11.6 Å². The first-order chi connectivity index (χ1) is 15.5. The van der Waals surface area contributed by atoms with Crippen LogP contribution in [0.3, 0.4) is 0 Å². The highest BCUT2D eigenvalue weighted by atomic mass is 35.5. The van der Waals surface area contributed by atoms with Crippen LogP contribution in [-0.2, 0) is 0 Å². The first kappa shape index (κ1) is 21.8. The Morgan fingerprint density at radius 3 is 2.66 bits per heavy atom. The Morgan fingerprint density at radius 1 is 1.12 bits per heavy atom. The smallest absolute Gasteiger partial charge is 0.124 e. The fraction of sp³-hybridized carbons (Fsp3) is 0.560. The highest BCUT2D eigenvalue weighted by molar-refractivity contribution is 6.31. The molecule has 0 radical (unpaired) electrons. The van der Waals surface area contributed by atoms with Gasteiger partial charge in [0.25, 0.3) is 0 Å². The van der Waals surface area contributed by atoms with Crippen LogP contribution in [0.5, 0.6) is 0 Å². The number of likely N-dealkylation sites (N-methyl/N-ethyl adjacent to an activating group) is 1. The van der Waals surface area contributed by atoms with Crippen molar-refractivity contribution in [3.8, 4) is 0 Å². The number of hydrogen-bond acceptors (Lipinski definition) is 6. The molecule has 1 N–H and O–H groups in total. The molecule has 0 amide bonds. The van der Waals surface area contributed by atoms with Crippen LogP contribution in [0.15, 0.2) is 54.3 Å². The minimum atomic E-state index is 0.195. The summed E-state index contributed by atoms with van der Waals surface area (Å²) >= 11 is 6.51. The maximum Gasteiger partial charge on any atom is 0.124 e. The average Bonchev–Trinajstić information content (AvgIpc) is 3.24. The van der Waals surface area contributed by atoms with E-state index in [1.54, 1.807) is 0 Å². The zero-order valence-corrected chi connectivity index (χ0v) is 20.2. The SMILES string of the molecule is CC(C)N1CCN(C2=CC=CC3NC(C4CCCC(c5ncccc5Cl)N4C)=CN23)CC1. The highest BCUT2D eigenvalue weighted by Gasteiger charge is 2.38. The maximum absolute atomic E-state index is 6.51. The van der Waals surface area contributed by atoms with Crippen molar-refractivity contribution in [3.63, 3.8) is 0 Å². The monoisotopic (exact) mass is 454 g/mol. The molecule has 1 aromatic rings. The summed E-state index contributed by atoms with van der Waals surface area (Å²) in [6, 6.07) is 5.07. The van der Waals surface area contributed by atoms with Gasteiger partial charge in [0, 0.05) is 50.3 Å². The summed E-state index contributed by atoms with van der Waals surface area (Å²) in [5.41, 5.74) is 2.30. The fourth-order valence-corrected chi connectivity index (χ4v) is 5.83. The highest BCUT2D eigenvalue weighted by Crippen LogP contribution is 2.38. The van der Waals surface area contributed by atoms with E-state index in [-0.39, 0.29) is 12.2 Å². The third-order valence-electron chi connectivity index (χ3n) is 7.46. The number of nitrogens with one attached hydrogen (secondary N) is 1. The molecule has 172 valence electrons. The lowest BCUT2D eigenvalue weighted by atomic mass is 9.92. The van der Waals surface area contributed by atoms with Crippen LogP contribution in [0.2, 0.25) is 5.02 Å². The molecule has 1 aromatic heterocycles. The average molecular weight is 455 g/mol. The van der Waals surface area contributed by atoms with E-state index in [2.05, 4.69) is 75.2 Å². The Kier molecular flexibility index (Phi) is 6.19. The number of halogens is 1. The third-order valence-corrected chi connectivity index (χ3v) is 7.78. The van der Waals surface area contributed by atoms with Crippen molar-refractivity contribution < 1.29 is 0 Å². The van der Waals surface area contributed by atoms with E-state index in [0.717, 1.165) is 49.7 Å². The number of aromatic nitrogens is 1. The van der Waals surface area contributed by atoms with Crippen molar-refractivity contribution in [2.45, 2.75) is 57.4 Å². The summed E-state index contributed by atoms with van der Waals surface area (Å²) in [4.78, 5) is 14.6. The molecule has 0 aromatic carbocycles. The number of piperazine rings is 1. The van der Waals surface area contributed by atoms with Gasteiger partial charge in [-0.05, 0) is 64.4 Å². The molecule has 0 bridgehead atoms. The fourth-order valence-electron chi connectivity index (χ4n) is 5.59. The van der Waals surface area contributed by atoms with Gasteiger partial charge in [-0.1, -0.05) is 17.7 Å². The van der Waals surface area contributed by atoms with Crippen LogP contribution in [0.25, 0.3) is 0 Å². The van der Waals surface area contributed by atoms with E-state index in [9.17, 15) is 0 Å². The van der Waals surface area contributed by atoms with Crippen molar-refractivity contribution in [1.29, 1.82) is 0 Å². The Balaban J connectivity index is 1.33. The quantitative estimate of drug-likeness (QED) is 0.746. The number of hydrogen-bond donors (Lipinski definition) is 1. The molecule has 5 rings (SSSR count). The van der Waals surface area contributed by atoms with E-state index in [1.165, 1.54) is 17.9 Å². The van der Waals surface area contributed by atoms with Gasteiger partial charge in [0.05, 0.1) is 22.8 Å². The van der Waals surface area contributed by atoms with Gasteiger partial charge in [0.15, 0.2) is 0 Å². The lowest BCUT2D eigenvalue weighted by Crippen LogP contribution is -2.51. The van der Waals surface area contributed by atoms with Gasteiger partial charge >= 0.3 is 0 Å². The zero-order chi connectivity index (χ0) is 22.2. The van der Waals surface area contributed by atoms with E-state index in [0.29, 0.717) is 12.1 Å². The number of likely N-dealkylation sites (tertiary alicyclic amines) is 1. The summed E-state index contributed by atoms with van der Waals surface area (Å²) in [5.74, 6) is 1.31. The van der Waals surface area contributed by atoms with Crippen LogP contribution < -0.4 is 5.32 Å². The van der Waals surface area contributed by atoms with Gasteiger partial charge in [0.1, 0.15) is 12.0 Å². The molecule has 0 spiro atoms. The summed E-state index contributed by atoms with van der Waals surface area (Å²) in [6.45, 7) is 8.99. The van der Waals surface area contributed by atoms with Gasteiger partial charge in [0.2, 0.25) is 0 Å². The van der Waals surface area contributed by atoms with Gasteiger partial charge in [-0.3, -0.25) is 14.8 Å². The molecule has 7 heteroatoms. The minimum absolute atomic E-state index is 0.195. The number of nitrogens with zero attached hydrogens (tertiary/aromatic N) is 5. The first-order valence-corrected chi connectivity index (χ1v) is 12.4. The number of rotatable bonds is 4. The van der Waals surface area contributed by atoms with E-state index in [1.807, 2.05) is 18.3 Å². The van der Waals surface area contributed by atoms with Crippen LogP contribution in [0, 0.1) is 0 Å². The predicted octanol–water partition coefficient (Wildman–Crippen LogP) is 3.77. The lowest BCUT2D eigenvalue weighted by Gasteiger charge is -2.42. The molecule has 4 aliphatic rings. The van der Waals surface area contributed by atoms with Crippen molar-refractivity contribution in [2.24, 2.45) is 0 Å². The molecule has 32 heavy (non-hydrogen) atoms. The lowest BCUT2D eigenvalue weighted by molar-refractivity contribution is 0.107. The minimum Gasteiger partial charge on any atom is -0.363 e. The molecular formula is C25H35ClN6. The summed E-state index contributed by atoms with van der Waals surface area (Å²) in [6.07, 6.45) is 14.5. The van der Waals surface area contributed by atoms with Crippen LogP contribution in [0.4, 0.5) is 0 Å². The van der Waals surface area contributed by atoms with E-state index >= 15 is 0 Å². The van der Waals surface area contributed by atoms with Gasteiger partial charge < -0.3 is 15.1 Å². The Morgan fingerprint density at radius 2 is 1.91 bits per heavy atom. The molecular weight excluding hydrogens is 420 g/mol. The van der Waals surface area contributed by atoms with E-state index < -0.39 is 0 Å². The molecule has 0 aliphatic carbocycles. The largest absolute Gasteiger partial charge is 0.363 e. The normalized spacial score (nSPS) is 29.1. The number of allylic oxidation sites excluding steroid dienone is 2. The molecule has 3 unspecified atom stereocenters. The van der Waals surface area contributed by atoms with Gasteiger partial charge in [-0.25, -0.2) is 0 Å². The molecule has 6 nitrogen and oxygen atoms in total. The Bertz CT molecular complexity index is 917. The van der Waals surface area contributed by atoms with E-state index in [4.69, 9.17) is 11.6 Å². The molecule has 5 heterocycles. The van der Waals surface area contributed by atoms with Crippen molar-refractivity contribution in [1.82, 2.24) is 29.9 Å². The second kappa shape index (κ2) is 9.08. The summed E-state index contributed by atoms with van der Waals surface area (Å²) < 4.78 is 0. The second-order valence-electron chi connectivity index (χ2n) is 9.61. The number of pyridine rings is 1. The molecule has 2 fully saturated rings. The first-order valence-electron chi connectivity index (χ1n) is 12.0. The summed E-state index contributed by atoms with van der Waals surface area (Å²) in [7, 11) is 2.22. The topological polar surface area (TPSA) is 37.9 Å². The zero-order valence-electron chi connectivity index (χ0n) is 19.4. The number of fused-ring (bicyclic) bond motifs is 1. The van der Waals surface area contributed by atoms with Gasteiger partial charge in [-0.2, -0.15) is 0 Å². The Labute approximate surface area is 197 Å². The molecule has 0 saturated carbocycles. The summed E-state index contributed by atoms with van der Waals surface area (Å²) in [5, 5.41) is 4.57. The van der Waals surface area contributed by atoms with Crippen LogP contribution in [-0.4, -0.2) is 76.1 Å². The van der Waals surface area contributed by atoms with Crippen molar-refractivity contribution in [3.05, 3.63) is 65.0 Å². The van der Waals surface area contributed by atoms with Crippen molar-refractivity contribution in [2.75, 3.05) is 33.2 Å². The van der Waals surface area contributed by atoms with Crippen LogP contribution >= 0.6 is 11.6 Å².